The minimum absolute atomic E-state index is 0.200. The van der Waals surface area contributed by atoms with Gasteiger partial charge in [-0.3, -0.25) is 4.98 Å². The van der Waals surface area contributed by atoms with Gasteiger partial charge in [-0.1, -0.05) is 6.07 Å². The fourth-order valence-electron chi connectivity index (χ4n) is 1.83. The third-order valence-corrected chi connectivity index (χ3v) is 4.56. The highest BCUT2D eigenvalue weighted by molar-refractivity contribution is 14.1. The standard InChI is InChI=1S/C12H9IN2O2S/c13-10-4-7(5-18-10)11(14)6-1-2-8-9(3-6)17-12(16)15-8/h1-5,11H,14H2,(H,15,16). The van der Waals surface area contributed by atoms with Crippen LogP contribution in [-0.4, -0.2) is 4.98 Å². The Morgan fingerprint density at radius 1 is 1.33 bits per heavy atom. The van der Waals surface area contributed by atoms with Gasteiger partial charge in [0, 0.05) is 0 Å². The van der Waals surface area contributed by atoms with Crippen LogP contribution >= 0.6 is 33.9 Å². The van der Waals surface area contributed by atoms with E-state index in [1.807, 2.05) is 23.6 Å². The van der Waals surface area contributed by atoms with Crippen molar-refractivity contribution in [3.8, 4) is 0 Å². The zero-order valence-electron chi connectivity index (χ0n) is 9.14. The smallest absolute Gasteiger partial charge is 0.408 e. The van der Waals surface area contributed by atoms with Crippen molar-refractivity contribution >= 4 is 45.0 Å². The Labute approximate surface area is 120 Å². The van der Waals surface area contributed by atoms with Crippen LogP contribution in [0, 0.1) is 2.88 Å². The predicted molar refractivity (Wildman–Crippen MR) is 79.9 cm³/mol. The minimum atomic E-state index is -0.444. The molecule has 3 aromatic rings. The topological polar surface area (TPSA) is 72.0 Å². The van der Waals surface area contributed by atoms with E-state index in [9.17, 15) is 4.79 Å². The number of H-pyrrole nitrogens is 1. The molecule has 0 aliphatic heterocycles. The van der Waals surface area contributed by atoms with E-state index in [2.05, 4.69) is 33.6 Å². The lowest BCUT2D eigenvalue weighted by Crippen LogP contribution is -2.10. The third-order valence-electron chi connectivity index (χ3n) is 2.75. The molecule has 0 bridgehead atoms. The normalized spacial score (nSPS) is 13.0. The number of nitrogens with one attached hydrogen (secondary N) is 1. The molecule has 0 saturated carbocycles. The average Bonchev–Trinajstić information content (AvgIpc) is 2.92. The van der Waals surface area contributed by atoms with E-state index in [-0.39, 0.29) is 6.04 Å². The van der Waals surface area contributed by atoms with Crippen molar-refractivity contribution in [3.05, 3.63) is 54.2 Å². The Bertz CT molecular complexity index is 759. The Kier molecular flexibility index (Phi) is 3.00. The molecular weight excluding hydrogens is 363 g/mol. The lowest BCUT2D eigenvalue weighted by atomic mass is 10.0. The Hall–Kier alpha value is -1.12. The number of fused-ring (bicyclic) bond motifs is 1. The molecule has 2 heterocycles. The number of hydrogen-bond acceptors (Lipinski definition) is 4. The summed E-state index contributed by atoms with van der Waals surface area (Å²) < 4.78 is 6.24. The van der Waals surface area contributed by atoms with E-state index >= 15 is 0 Å². The van der Waals surface area contributed by atoms with Gasteiger partial charge in [-0.25, -0.2) is 4.79 Å². The molecule has 2 aromatic heterocycles. The molecule has 0 aliphatic carbocycles. The molecule has 4 nitrogen and oxygen atoms in total. The molecule has 0 aliphatic rings. The summed E-state index contributed by atoms with van der Waals surface area (Å²) in [5.74, 6) is -0.444. The number of oxazole rings is 1. The van der Waals surface area contributed by atoms with Gasteiger partial charge in [0.25, 0.3) is 0 Å². The zero-order valence-corrected chi connectivity index (χ0v) is 12.1. The van der Waals surface area contributed by atoms with E-state index in [4.69, 9.17) is 10.2 Å². The number of nitrogens with two attached hydrogens (primary N) is 1. The molecule has 3 rings (SSSR count). The average molecular weight is 372 g/mol. The van der Waals surface area contributed by atoms with Gasteiger partial charge in [-0.2, -0.15) is 0 Å². The SMILES string of the molecule is NC(c1csc(I)c1)c1ccc2[nH]c(=O)oc2c1. The predicted octanol–water partition coefficient (Wildman–Crippen LogP) is 2.84. The summed E-state index contributed by atoms with van der Waals surface area (Å²) >= 11 is 3.93. The quantitative estimate of drug-likeness (QED) is 0.680. The van der Waals surface area contributed by atoms with Gasteiger partial charge >= 0.3 is 5.76 Å². The number of aromatic nitrogens is 1. The van der Waals surface area contributed by atoms with Gasteiger partial charge in [0.2, 0.25) is 0 Å². The van der Waals surface area contributed by atoms with Crippen LogP contribution in [0.4, 0.5) is 0 Å². The van der Waals surface area contributed by atoms with Crippen LogP contribution in [0.5, 0.6) is 0 Å². The molecular formula is C12H9IN2O2S. The van der Waals surface area contributed by atoms with Crippen LogP contribution < -0.4 is 11.5 Å². The summed E-state index contributed by atoms with van der Waals surface area (Å²) in [6.07, 6.45) is 0. The minimum Gasteiger partial charge on any atom is -0.408 e. The van der Waals surface area contributed by atoms with Crippen molar-refractivity contribution < 1.29 is 4.42 Å². The molecule has 0 radical (unpaired) electrons. The Morgan fingerprint density at radius 3 is 2.89 bits per heavy atom. The third kappa shape index (κ3) is 2.11. The van der Waals surface area contributed by atoms with Gasteiger partial charge in [0.1, 0.15) is 0 Å². The first kappa shape index (κ1) is 11.9. The molecule has 3 N–H and O–H groups in total. The molecule has 92 valence electrons. The monoisotopic (exact) mass is 372 g/mol. The van der Waals surface area contributed by atoms with Crippen LogP contribution in [0.2, 0.25) is 0 Å². The lowest BCUT2D eigenvalue weighted by molar-refractivity contribution is 0.555. The van der Waals surface area contributed by atoms with Crippen LogP contribution in [0.1, 0.15) is 17.2 Å². The highest BCUT2D eigenvalue weighted by Gasteiger charge is 2.12. The lowest BCUT2D eigenvalue weighted by Gasteiger charge is -2.09. The number of halogens is 1. The molecule has 6 heteroatoms. The Morgan fingerprint density at radius 2 is 2.17 bits per heavy atom. The molecule has 0 spiro atoms. The van der Waals surface area contributed by atoms with Crippen molar-refractivity contribution in [3.63, 3.8) is 0 Å². The second kappa shape index (κ2) is 4.52. The first-order chi connectivity index (χ1) is 8.63. The summed E-state index contributed by atoms with van der Waals surface area (Å²) in [6, 6.07) is 7.39. The van der Waals surface area contributed by atoms with E-state index in [1.165, 1.54) is 2.88 Å². The molecule has 1 unspecified atom stereocenters. The van der Waals surface area contributed by atoms with Crippen molar-refractivity contribution in [1.29, 1.82) is 0 Å². The fourth-order valence-corrected chi connectivity index (χ4v) is 3.24. The van der Waals surface area contributed by atoms with Crippen LogP contribution in [-0.2, 0) is 0 Å². The van der Waals surface area contributed by atoms with Gasteiger partial charge in [-0.05, 0) is 57.3 Å². The van der Waals surface area contributed by atoms with Crippen LogP contribution in [0.3, 0.4) is 0 Å². The van der Waals surface area contributed by atoms with E-state index in [0.29, 0.717) is 11.1 Å². The van der Waals surface area contributed by atoms with Crippen molar-refractivity contribution in [2.24, 2.45) is 5.73 Å². The van der Waals surface area contributed by atoms with E-state index in [0.717, 1.165) is 11.1 Å². The number of thiophene rings is 1. The Balaban J connectivity index is 2.05. The maximum Gasteiger partial charge on any atom is 0.417 e. The summed E-state index contributed by atoms with van der Waals surface area (Å²) in [7, 11) is 0. The maximum atomic E-state index is 11.1. The van der Waals surface area contributed by atoms with E-state index < -0.39 is 5.76 Å². The van der Waals surface area contributed by atoms with Crippen molar-refractivity contribution in [1.82, 2.24) is 4.98 Å². The molecule has 0 saturated heterocycles. The number of hydrogen-bond donors (Lipinski definition) is 2. The highest BCUT2D eigenvalue weighted by Crippen LogP contribution is 2.27. The first-order valence-electron chi connectivity index (χ1n) is 5.26. The van der Waals surface area contributed by atoms with Crippen molar-refractivity contribution in [2.45, 2.75) is 6.04 Å². The van der Waals surface area contributed by atoms with Crippen LogP contribution in [0.25, 0.3) is 11.1 Å². The summed E-state index contributed by atoms with van der Waals surface area (Å²) in [4.78, 5) is 13.7. The maximum absolute atomic E-state index is 11.1. The zero-order chi connectivity index (χ0) is 12.7. The largest absolute Gasteiger partial charge is 0.417 e. The molecule has 18 heavy (non-hydrogen) atoms. The van der Waals surface area contributed by atoms with Gasteiger partial charge in [0.05, 0.1) is 14.4 Å². The van der Waals surface area contributed by atoms with Crippen molar-refractivity contribution in [2.75, 3.05) is 0 Å². The second-order valence-corrected chi connectivity index (χ2v) is 6.74. The van der Waals surface area contributed by atoms with Gasteiger partial charge in [0.15, 0.2) is 5.58 Å². The van der Waals surface area contributed by atoms with Gasteiger partial charge < -0.3 is 10.2 Å². The summed E-state index contributed by atoms with van der Waals surface area (Å²) in [5, 5.41) is 2.05. The summed E-state index contributed by atoms with van der Waals surface area (Å²) in [5.41, 5.74) is 9.43. The van der Waals surface area contributed by atoms with Crippen LogP contribution in [0.15, 0.2) is 38.9 Å². The molecule has 0 amide bonds. The first-order valence-corrected chi connectivity index (χ1v) is 7.21. The second-order valence-electron chi connectivity index (χ2n) is 3.93. The molecule has 1 atom stereocenters. The fraction of sp³-hybridized carbons (Fsp3) is 0.0833. The van der Waals surface area contributed by atoms with Gasteiger partial charge in [-0.15, -0.1) is 11.3 Å². The summed E-state index contributed by atoms with van der Waals surface area (Å²) in [6.45, 7) is 0. The number of aromatic amines is 1. The van der Waals surface area contributed by atoms with E-state index in [1.54, 1.807) is 11.3 Å². The highest BCUT2D eigenvalue weighted by atomic mass is 127. The number of benzene rings is 1. The molecule has 0 fully saturated rings. The number of rotatable bonds is 2. The molecule has 1 aromatic carbocycles.